The SMILES string of the molecule is CCn1cnnc1C1CCN(c2cc(N[C@H]3CCCO[C@H]3C(C)C)ncn2)CC1. The van der Waals surface area contributed by atoms with E-state index in [1.54, 1.807) is 6.33 Å². The first-order valence-electron chi connectivity index (χ1n) is 11.0. The number of anilines is 2. The summed E-state index contributed by atoms with van der Waals surface area (Å²) in [5.41, 5.74) is 0. The maximum Gasteiger partial charge on any atom is 0.136 e. The van der Waals surface area contributed by atoms with Crippen molar-refractivity contribution < 1.29 is 4.74 Å². The molecular weight excluding hydrogens is 366 g/mol. The normalized spacial score (nSPS) is 23.5. The molecule has 29 heavy (non-hydrogen) atoms. The van der Waals surface area contributed by atoms with Crippen molar-refractivity contribution in [2.45, 2.75) is 71.1 Å². The highest BCUT2D eigenvalue weighted by Crippen LogP contribution is 2.30. The summed E-state index contributed by atoms with van der Waals surface area (Å²) >= 11 is 0. The Morgan fingerprint density at radius 2 is 2.03 bits per heavy atom. The molecule has 2 aromatic heterocycles. The lowest BCUT2D eigenvalue weighted by molar-refractivity contribution is -0.0203. The highest BCUT2D eigenvalue weighted by Gasteiger charge is 2.29. The van der Waals surface area contributed by atoms with Crippen LogP contribution in [0.4, 0.5) is 11.6 Å². The first kappa shape index (κ1) is 20.1. The number of hydrogen-bond acceptors (Lipinski definition) is 7. The van der Waals surface area contributed by atoms with E-state index in [0.717, 1.165) is 69.4 Å². The number of aromatic nitrogens is 5. The molecule has 2 fully saturated rings. The van der Waals surface area contributed by atoms with E-state index in [0.29, 0.717) is 17.9 Å². The largest absolute Gasteiger partial charge is 0.376 e. The minimum atomic E-state index is 0.230. The molecule has 158 valence electrons. The predicted molar refractivity (Wildman–Crippen MR) is 113 cm³/mol. The van der Waals surface area contributed by atoms with Gasteiger partial charge in [-0.05, 0) is 38.5 Å². The van der Waals surface area contributed by atoms with Crippen LogP contribution in [0.1, 0.15) is 58.2 Å². The van der Waals surface area contributed by atoms with Crippen molar-refractivity contribution in [1.29, 1.82) is 0 Å². The van der Waals surface area contributed by atoms with Crippen LogP contribution in [0.2, 0.25) is 0 Å². The summed E-state index contributed by atoms with van der Waals surface area (Å²) in [4.78, 5) is 11.4. The Bertz CT molecular complexity index is 785. The van der Waals surface area contributed by atoms with Crippen LogP contribution in [0.3, 0.4) is 0 Å². The first-order chi connectivity index (χ1) is 14.2. The zero-order valence-corrected chi connectivity index (χ0v) is 17.8. The third kappa shape index (κ3) is 4.52. The Morgan fingerprint density at radius 1 is 1.21 bits per heavy atom. The molecule has 0 aliphatic carbocycles. The van der Waals surface area contributed by atoms with Crippen molar-refractivity contribution in [3.8, 4) is 0 Å². The number of ether oxygens (including phenoxy) is 1. The number of hydrogen-bond donors (Lipinski definition) is 1. The van der Waals surface area contributed by atoms with Crippen LogP contribution in [0.25, 0.3) is 0 Å². The molecule has 4 rings (SSSR count). The van der Waals surface area contributed by atoms with Gasteiger partial charge in [0.1, 0.15) is 30.1 Å². The fourth-order valence-corrected chi connectivity index (χ4v) is 4.59. The van der Waals surface area contributed by atoms with E-state index in [1.807, 2.05) is 6.33 Å². The summed E-state index contributed by atoms with van der Waals surface area (Å²) in [5.74, 6) is 3.96. The van der Waals surface area contributed by atoms with Crippen LogP contribution >= 0.6 is 0 Å². The molecule has 8 nitrogen and oxygen atoms in total. The standard InChI is InChI=1S/C21H33N7O/c1-4-27-14-24-26-21(27)16-7-9-28(10-8-16)19-12-18(22-13-23-19)25-17-6-5-11-29-20(17)15(2)3/h12-17,20H,4-11H2,1-3H3,(H,22,23,25)/t17-,20-/m0/s1. The Morgan fingerprint density at radius 3 is 2.79 bits per heavy atom. The molecule has 2 atom stereocenters. The van der Waals surface area contributed by atoms with Gasteiger partial charge >= 0.3 is 0 Å². The maximum atomic E-state index is 6.01. The number of nitrogens with one attached hydrogen (secondary N) is 1. The third-order valence-electron chi connectivity index (χ3n) is 6.18. The topological polar surface area (TPSA) is 81.0 Å². The van der Waals surface area contributed by atoms with Gasteiger partial charge in [0.05, 0.1) is 12.1 Å². The summed E-state index contributed by atoms with van der Waals surface area (Å²) in [7, 11) is 0. The number of piperidine rings is 1. The zero-order chi connectivity index (χ0) is 20.2. The van der Waals surface area contributed by atoms with E-state index in [4.69, 9.17) is 4.74 Å². The van der Waals surface area contributed by atoms with Crippen LogP contribution in [-0.4, -0.2) is 56.6 Å². The molecule has 0 radical (unpaired) electrons. The van der Waals surface area contributed by atoms with E-state index in [-0.39, 0.29) is 6.10 Å². The lowest BCUT2D eigenvalue weighted by atomic mass is 9.93. The van der Waals surface area contributed by atoms with Crippen LogP contribution in [-0.2, 0) is 11.3 Å². The number of rotatable bonds is 6. The summed E-state index contributed by atoms with van der Waals surface area (Å²) in [6.45, 7) is 10.3. The Kier molecular flexibility index (Phi) is 6.28. The Hall–Kier alpha value is -2.22. The van der Waals surface area contributed by atoms with Gasteiger partial charge < -0.3 is 19.5 Å². The van der Waals surface area contributed by atoms with Gasteiger partial charge in [0.15, 0.2) is 0 Å². The highest BCUT2D eigenvalue weighted by molar-refractivity contribution is 5.49. The van der Waals surface area contributed by atoms with Crippen molar-refractivity contribution in [3.63, 3.8) is 0 Å². The van der Waals surface area contributed by atoms with Crippen molar-refractivity contribution >= 4 is 11.6 Å². The third-order valence-corrected chi connectivity index (χ3v) is 6.18. The summed E-state index contributed by atoms with van der Waals surface area (Å²) in [6.07, 6.45) is 8.08. The molecule has 0 bridgehead atoms. The van der Waals surface area contributed by atoms with Gasteiger partial charge in [-0.3, -0.25) is 0 Å². The smallest absolute Gasteiger partial charge is 0.136 e. The molecule has 1 N–H and O–H groups in total. The molecule has 8 heteroatoms. The van der Waals surface area contributed by atoms with E-state index in [2.05, 4.69) is 61.8 Å². The lowest BCUT2D eigenvalue weighted by Crippen LogP contribution is -2.43. The molecule has 2 aliphatic rings. The van der Waals surface area contributed by atoms with Gasteiger partial charge in [-0.25, -0.2) is 9.97 Å². The predicted octanol–water partition coefficient (Wildman–Crippen LogP) is 3.09. The van der Waals surface area contributed by atoms with Gasteiger partial charge in [0.2, 0.25) is 0 Å². The van der Waals surface area contributed by atoms with Crippen LogP contribution < -0.4 is 10.2 Å². The van der Waals surface area contributed by atoms with E-state index in [9.17, 15) is 0 Å². The van der Waals surface area contributed by atoms with Gasteiger partial charge in [0.25, 0.3) is 0 Å². The van der Waals surface area contributed by atoms with Crippen LogP contribution in [0.15, 0.2) is 18.7 Å². The van der Waals surface area contributed by atoms with Gasteiger partial charge in [-0.2, -0.15) is 0 Å². The van der Waals surface area contributed by atoms with E-state index >= 15 is 0 Å². The molecule has 0 amide bonds. The number of aryl methyl sites for hydroxylation is 1. The Labute approximate surface area is 173 Å². The molecule has 0 unspecified atom stereocenters. The second-order valence-electron chi connectivity index (χ2n) is 8.47. The van der Waals surface area contributed by atoms with Crippen molar-refractivity contribution in [2.75, 3.05) is 29.9 Å². The summed E-state index contributed by atoms with van der Waals surface area (Å²) in [5, 5.41) is 12.1. The zero-order valence-electron chi connectivity index (χ0n) is 17.8. The van der Waals surface area contributed by atoms with Gasteiger partial charge in [-0.15, -0.1) is 10.2 Å². The quantitative estimate of drug-likeness (QED) is 0.799. The maximum absolute atomic E-state index is 6.01. The minimum Gasteiger partial charge on any atom is -0.376 e. The molecule has 2 saturated heterocycles. The van der Waals surface area contributed by atoms with Crippen molar-refractivity contribution in [1.82, 2.24) is 24.7 Å². The fraction of sp³-hybridized carbons (Fsp3) is 0.714. The van der Waals surface area contributed by atoms with Gasteiger partial charge in [-0.1, -0.05) is 13.8 Å². The Balaban J connectivity index is 1.39. The summed E-state index contributed by atoms with van der Waals surface area (Å²) < 4.78 is 8.16. The average Bonchev–Trinajstić information content (AvgIpc) is 3.23. The lowest BCUT2D eigenvalue weighted by Gasteiger charge is -2.35. The van der Waals surface area contributed by atoms with Crippen LogP contribution in [0, 0.1) is 5.92 Å². The molecule has 0 saturated carbocycles. The van der Waals surface area contributed by atoms with Gasteiger partial charge in [0, 0.05) is 38.2 Å². The van der Waals surface area contributed by atoms with E-state index < -0.39 is 0 Å². The second kappa shape index (κ2) is 9.07. The van der Waals surface area contributed by atoms with Crippen molar-refractivity contribution in [3.05, 3.63) is 24.5 Å². The monoisotopic (exact) mass is 399 g/mol. The van der Waals surface area contributed by atoms with Crippen molar-refractivity contribution in [2.24, 2.45) is 5.92 Å². The van der Waals surface area contributed by atoms with E-state index in [1.165, 1.54) is 0 Å². The molecule has 0 aromatic carbocycles. The second-order valence-corrected chi connectivity index (χ2v) is 8.47. The molecule has 0 spiro atoms. The number of nitrogens with zero attached hydrogens (tertiary/aromatic N) is 6. The molecule has 2 aliphatic heterocycles. The molecular formula is C21H33N7O. The fourth-order valence-electron chi connectivity index (χ4n) is 4.59. The highest BCUT2D eigenvalue weighted by atomic mass is 16.5. The molecule has 4 heterocycles. The molecule has 2 aromatic rings. The minimum absolute atomic E-state index is 0.230. The summed E-state index contributed by atoms with van der Waals surface area (Å²) in [6, 6.07) is 2.39. The average molecular weight is 400 g/mol. The van der Waals surface area contributed by atoms with Crippen LogP contribution in [0.5, 0.6) is 0 Å². The first-order valence-corrected chi connectivity index (χ1v) is 11.0.